The Hall–Kier alpha value is -1.96. The highest BCUT2D eigenvalue weighted by molar-refractivity contribution is 5.55. The third-order valence-corrected chi connectivity index (χ3v) is 3.69. The Kier molecular flexibility index (Phi) is 4.33. The molecule has 2 aromatic rings. The van der Waals surface area contributed by atoms with Gasteiger partial charge in [-0.3, -0.25) is 0 Å². The van der Waals surface area contributed by atoms with Crippen molar-refractivity contribution >= 4 is 11.4 Å². The second kappa shape index (κ2) is 6.00. The first-order chi connectivity index (χ1) is 9.47. The lowest BCUT2D eigenvalue weighted by molar-refractivity contribution is 1.08. The summed E-state index contributed by atoms with van der Waals surface area (Å²) in [6, 6.07) is 13.0. The summed E-state index contributed by atoms with van der Waals surface area (Å²) in [5.74, 6) is 0. The van der Waals surface area contributed by atoms with Crippen LogP contribution in [0.3, 0.4) is 0 Å². The van der Waals surface area contributed by atoms with E-state index in [-0.39, 0.29) is 0 Å². The number of anilines is 2. The molecule has 2 nitrogen and oxygen atoms in total. The summed E-state index contributed by atoms with van der Waals surface area (Å²) in [5, 5.41) is 3.51. The Bertz CT molecular complexity index is 560. The smallest absolute Gasteiger partial charge is 0.0406 e. The Morgan fingerprint density at radius 2 is 1.45 bits per heavy atom. The Morgan fingerprint density at radius 3 is 1.95 bits per heavy atom. The van der Waals surface area contributed by atoms with Crippen LogP contribution in [0.5, 0.6) is 0 Å². The first-order valence-electron chi connectivity index (χ1n) is 7.05. The summed E-state index contributed by atoms with van der Waals surface area (Å²) in [4.78, 5) is 2.11. The zero-order chi connectivity index (χ0) is 14.7. The number of benzene rings is 2. The monoisotopic (exact) mass is 268 g/mol. The fourth-order valence-corrected chi connectivity index (χ4v) is 2.56. The van der Waals surface area contributed by atoms with Gasteiger partial charge in [-0.2, -0.15) is 0 Å². The van der Waals surface area contributed by atoms with Gasteiger partial charge in [-0.1, -0.05) is 17.7 Å². The van der Waals surface area contributed by atoms with E-state index >= 15 is 0 Å². The van der Waals surface area contributed by atoms with Crippen LogP contribution in [0.15, 0.2) is 36.4 Å². The van der Waals surface area contributed by atoms with E-state index in [1.165, 1.54) is 27.9 Å². The molecule has 0 saturated carbocycles. The van der Waals surface area contributed by atoms with Crippen molar-refractivity contribution in [3.05, 3.63) is 58.7 Å². The minimum atomic E-state index is 0.874. The van der Waals surface area contributed by atoms with Gasteiger partial charge >= 0.3 is 0 Å². The van der Waals surface area contributed by atoms with Gasteiger partial charge in [0.1, 0.15) is 0 Å². The van der Waals surface area contributed by atoms with Crippen LogP contribution in [-0.2, 0) is 6.54 Å². The van der Waals surface area contributed by atoms with Crippen molar-refractivity contribution in [2.75, 3.05) is 24.3 Å². The van der Waals surface area contributed by atoms with E-state index in [1.807, 2.05) is 0 Å². The summed E-state index contributed by atoms with van der Waals surface area (Å²) >= 11 is 0. The van der Waals surface area contributed by atoms with E-state index in [9.17, 15) is 0 Å². The van der Waals surface area contributed by atoms with Crippen molar-refractivity contribution < 1.29 is 0 Å². The van der Waals surface area contributed by atoms with Crippen LogP contribution in [0.2, 0.25) is 0 Å². The number of aryl methyl sites for hydroxylation is 3. The van der Waals surface area contributed by atoms with Crippen molar-refractivity contribution in [2.24, 2.45) is 0 Å². The van der Waals surface area contributed by atoms with E-state index in [4.69, 9.17) is 0 Å². The van der Waals surface area contributed by atoms with E-state index in [0.717, 1.165) is 12.2 Å². The van der Waals surface area contributed by atoms with Gasteiger partial charge in [-0.05, 0) is 61.7 Å². The van der Waals surface area contributed by atoms with E-state index in [0.29, 0.717) is 0 Å². The molecule has 0 heterocycles. The lowest BCUT2D eigenvalue weighted by atomic mass is 10.00. The Labute approximate surface area is 122 Å². The highest BCUT2D eigenvalue weighted by Crippen LogP contribution is 2.20. The number of hydrogen-bond donors (Lipinski definition) is 1. The molecule has 0 aromatic heterocycles. The SMILES string of the molecule is Cc1cc(C)c(CNc2ccc(N(C)C)cc2)c(C)c1. The van der Waals surface area contributed by atoms with E-state index in [2.05, 4.69) is 81.5 Å². The first-order valence-corrected chi connectivity index (χ1v) is 7.05. The normalized spacial score (nSPS) is 10.4. The maximum absolute atomic E-state index is 3.51. The molecule has 2 rings (SSSR count). The summed E-state index contributed by atoms with van der Waals surface area (Å²) in [7, 11) is 4.11. The molecule has 0 spiro atoms. The average Bonchev–Trinajstić information content (AvgIpc) is 2.38. The molecule has 0 fully saturated rings. The van der Waals surface area contributed by atoms with Crippen LogP contribution in [-0.4, -0.2) is 14.1 Å². The average molecular weight is 268 g/mol. The van der Waals surface area contributed by atoms with Crippen LogP contribution in [0.25, 0.3) is 0 Å². The van der Waals surface area contributed by atoms with Gasteiger partial charge in [0, 0.05) is 32.0 Å². The Balaban J connectivity index is 2.09. The molecule has 106 valence electrons. The van der Waals surface area contributed by atoms with Crippen molar-refractivity contribution in [1.29, 1.82) is 0 Å². The minimum absolute atomic E-state index is 0.874. The van der Waals surface area contributed by atoms with Gasteiger partial charge in [0.25, 0.3) is 0 Å². The fraction of sp³-hybridized carbons (Fsp3) is 0.333. The van der Waals surface area contributed by atoms with E-state index in [1.54, 1.807) is 0 Å². The molecule has 0 radical (unpaired) electrons. The molecule has 2 aromatic carbocycles. The second-order valence-corrected chi connectivity index (χ2v) is 5.67. The van der Waals surface area contributed by atoms with Gasteiger partial charge in [-0.15, -0.1) is 0 Å². The van der Waals surface area contributed by atoms with Gasteiger partial charge in [0.15, 0.2) is 0 Å². The molecule has 2 heteroatoms. The maximum atomic E-state index is 3.51. The summed E-state index contributed by atoms with van der Waals surface area (Å²) in [5.41, 5.74) is 7.83. The van der Waals surface area contributed by atoms with Crippen molar-refractivity contribution in [2.45, 2.75) is 27.3 Å². The molecular weight excluding hydrogens is 244 g/mol. The lowest BCUT2D eigenvalue weighted by Gasteiger charge is -2.15. The highest BCUT2D eigenvalue weighted by atomic mass is 15.1. The predicted molar refractivity (Wildman–Crippen MR) is 88.7 cm³/mol. The number of nitrogens with zero attached hydrogens (tertiary/aromatic N) is 1. The summed E-state index contributed by atoms with van der Waals surface area (Å²) < 4.78 is 0. The minimum Gasteiger partial charge on any atom is -0.381 e. The largest absolute Gasteiger partial charge is 0.381 e. The predicted octanol–water partition coefficient (Wildman–Crippen LogP) is 4.29. The molecule has 0 aliphatic carbocycles. The van der Waals surface area contributed by atoms with Crippen LogP contribution < -0.4 is 10.2 Å². The summed E-state index contributed by atoms with van der Waals surface area (Å²) in [6.07, 6.45) is 0. The third-order valence-electron chi connectivity index (χ3n) is 3.69. The first kappa shape index (κ1) is 14.4. The highest BCUT2D eigenvalue weighted by Gasteiger charge is 2.04. The molecule has 0 unspecified atom stereocenters. The van der Waals surface area contributed by atoms with Gasteiger partial charge < -0.3 is 10.2 Å². The number of hydrogen-bond acceptors (Lipinski definition) is 2. The second-order valence-electron chi connectivity index (χ2n) is 5.67. The molecular formula is C18H24N2. The molecule has 0 aliphatic heterocycles. The van der Waals surface area contributed by atoms with Gasteiger partial charge in [0.05, 0.1) is 0 Å². The quantitative estimate of drug-likeness (QED) is 0.890. The van der Waals surface area contributed by atoms with Crippen LogP contribution in [0.1, 0.15) is 22.3 Å². The topological polar surface area (TPSA) is 15.3 Å². The lowest BCUT2D eigenvalue weighted by Crippen LogP contribution is -2.08. The standard InChI is InChI=1S/C18H24N2/c1-13-10-14(2)18(15(3)11-13)12-19-16-6-8-17(9-7-16)20(4)5/h6-11,19H,12H2,1-5H3. The molecule has 0 amide bonds. The third kappa shape index (κ3) is 3.32. The van der Waals surface area contributed by atoms with Crippen molar-refractivity contribution in [3.8, 4) is 0 Å². The maximum Gasteiger partial charge on any atom is 0.0406 e. The van der Waals surface area contributed by atoms with Crippen molar-refractivity contribution in [3.63, 3.8) is 0 Å². The fourth-order valence-electron chi connectivity index (χ4n) is 2.56. The zero-order valence-corrected chi connectivity index (χ0v) is 13.1. The number of rotatable bonds is 4. The molecule has 0 atom stereocenters. The number of nitrogens with one attached hydrogen (secondary N) is 1. The van der Waals surface area contributed by atoms with E-state index < -0.39 is 0 Å². The van der Waals surface area contributed by atoms with Gasteiger partial charge in [-0.25, -0.2) is 0 Å². The molecule has 0 saturated heterocycles. The zero-order valence-electron chi connectivity index (χ0n) is 13.1. The van der Waals surface area contributed by atoms with Crippen molar-refractivity contribution in [1.82, 2.24) is 0 Å². The van der Waals surface area contributed by atoms with Crippen LogP contribution in [0.4, 0.5) is 11.4 Å². The Morgan fingerprint density at radius 1 is 0.900 bits per heavy atom. The summed E-state index contributed by atoms with van der Waals surface area (Å²) in [6.45, 7) is 7.40. The molecule has 0 bridgehead atoms. The van der Waals surface area contributed by atoms with Crippen LogP contribution >= 0.6 is 0 Å². The van der Waals surface area contributed by atoms with Crippen LogP contribution in [0, 0.1) is 20.8 Å². The molecule has 1 N–H and O–H groups in total. The molecule has 20 heavy (non-hydrogen) atoms. The molecule has 0 aliphatic rings. The van der Waals surface area contributed by atoms with Gasteiger partial charge in [0.2, 0.25) is 0 Å².